The van der Waals surface area contributed by atoms with Crippen LogP contribution in [0.5, 0.6) is 0 Å². The molecule has 21 heavy (non-hydrogen) atoms. The Hall–Kier alpha value is -1.35. The molecule has 0 unspecified atom stereocenters. The Bertz CT molecular complexity index is 479. The number of amides is 1. The van der Waals surface area contributed by atoms with Crippen LogP contribution in [0.1, 0.15) is 56.6 Å². The van der Waals surface area contributed by atoms with E-state index < -0.39 is 0 Å². The fraction of sp³-hybridized carbons (Fsp3) is 0.611. The van der Waals surface area contributed by atoms with Gasteiger partial charge in [-0.3, -0.25) is 4.79 Å². The molecule has 1 atom stereocenters. The molecule has 2 fully saturated rings. The van der Waals surface area contributed by atoms with E-state index in [-0.39, 0.29) is 11.9 Å². The number of carbonyl (C=O) groups is 1. The van der Waals surface area contributed by atoms with E-state index in [9.17, 15) is 4.79 Å². The molecule has 1 aliphatic carbocycles. The Morgan fingerprint density at radius 1 is 1.14 bits per heavy atom. The second kappa shape index (κ2) is 6.18. The maximum atomic E-state index is 12.5. The molecule has 114 valence electrons. The van der Waals surface area contributed by atoms with E-state index in [2.05, 4.69) is 4.90 Å². The lowest BCUT2D eigenvalue weighted by atomic mass is 9.73. The van der Waals surface area contributed by atoms with E-state index in [0.29, 0.717) is 11.8 Å². The predicted octanol–water partition coefficient (Wildman–Crippen LogP) is 3.26. The molecule has 3 rings (SSSR count). The Kier molecular flexibility index (Phi) is 4.29. The van der Waals surface area contributed by atoms with E-state index in [1.807, 2.05) is 30.3 Å². The number of carbonyl (C=O) groups excluding carboxylic acids is 1. The van der Waals surface area contributed by atoms with Gasteiger partial charge in [0.05, 0.1) is 0 Å². The van der Waals surface area contributed by atoms with Crippen molar-refractivity contribution in [2.24, 2.45) is 11.1 Å². The Morgan fingerprint density at radius 2 is 1.86 bits per heavy atom. The lowest BCUT2D eigenvalue weighted by molar-refractivity contribution is -0.131. The quantitative estimate of drug-likeness (QED) is 0.927. The van der Waals surface area contributed by atoms with Gasteiger partial charge in [0.15, 0.2) is 0 Å². The highest BCUT2D eigenvalue weighted by Gasteiger charge is 2.40. The molecule has 1 heterocycles. The van der Waals surface area contributed by atoms with Crippen molar-refractivity contribution in [1.82, 2.24) is 4.90 Å². The van der Waals surface area contributed by atoms with Gasteiger partial charge >= 0.3 is 0 Å². The molecule has 0 aromatic heterocycles. The fourth-order valence-electron chi connectivity index (χ4n) is 3.99. The molecule has 1 aromatic carbocycles. The summed E-state index contributed by atoms with van der Waals surface area (Å²) in [7, 11) is 0. The minimum absolute atomic E-state index is 0.179. The number of rotatable bonds is 3. The van der Waals surface area contributed by atoms with Gasteiger partial charge in [0, 0.05) is 25.6 Å². The molecule has 1 saturated carbocycles. The van der Waals surface area contributed by atoms with E-state index in [1.165, 1.54) is 38.5 Å². The molecule has 1 amide bonds. The second-order valence-electron chi connectivity index (χ2n) is 6.85. The molecule has 2 aliphatic rings. The highest BCUT2D eigenvalue weighted by molar-refractivity contribution is 5.77. The summed E-state index contributed by atoms with van der Waals surface area (Å²) in [6.07, 6.45) is 8.29. The number of nitrogens with two attached hydrogens (primary N) is 1. The summed E-state index contributed by atoms with van der Waals surface area (Å²) in [5.74, 6) is 0.230. The second-order valence-corrected chi connectivity index (χ2v) is 6.85. The highest BCUT2D eigenvalue weighted by Crippen LogP contribution is 2.43. The van der Waals surface area contributed by atoms with Crippen LogP contribution in [-0.4, -0.2) is 23.9 Å². The maximum absolute atomic E-state index is 12.5. The summed E-state index contributed by atoms with van der Waals surface area (Å²) in [6, 6.07) is 9.76. The van der Waals surface area contributed by atoms with Crippen molar-refractivity contribution in [2.75, 3.05) is 13.1 Å². The van der Waals surface area contributed by atoms with Crippen LogP contribution >= 0.6 is 0 Å². The lowest BCUT2D eigenvalue weighted by Gasteiger charge is -2.33. The van der Waals surface area contributed by atoms with Crippen LogP contribution in [0.4, 0.5) is 0 Å². The van der Waals surface area contributed by atoms with Gasteiger partial charge in [0.1, 0.15) is 0 Å². The van der Waals surface area contributed by atoms with Crippen molar-refractivity contribution in [3.8, 4) is 0 Å². The van der Waals surface area contributed by atoms with Gasteiger partial charge in [-0.25, -0.2) is 0 Å². The molecule has 1 saturated heterocycles. The molecule has 3 nitrogen and oxygen atoms in total. The van der Waals surface area contributed by atoms with Crippen molar-refractivity contribution >= 4 is 5.91 Å². The molecular formula is C18H26N2O. The zero-order chi connectivity index (χ0) is 14.7. The van der Waals surface area contributed by atoms with E-state index >= 15 is 0 Å². The van der Waals surface area contributed by atoms with Crippen LogP contribution in [0.2, 0.25) is 0 Å². The third-order valence-electron chi connectivity index (χ3n) is 5.33. The van der Waals surface area contributed by atoms with E-state index in [1.54, 1.807) is 0 Å². The predicted molar refractivity (Wildman–Crippen MR) is 84.7 cm³/mol. The number of nitrogens with zero attached hydrogens (tertiary/aromatic N) is 1. The zero-order valence-electron chi connectivity index (χ0n) is 12.8. The number of hydrogen-bond acceptors (Lipinski definition) is 2. The standard InChI is InChI=1S/C18H26N2O/c19-16(15-7-3-1-4-8-15)13-17(21)20-12-11-18(14-20)9-5-2-6-10-18/h1,3-4,7-8,16H,2,5-6,9-14,19H2/t16-/m1/s1. The van der Waals surface area contributed by atoms with Crippen molar-refractivity contribution < 1.29 is 4.79 Å². The first kappa shape index (κ1) is 14.6. The highest BCUT2D eigenvalue weighted by atomic mass is 16.2. The monoisotopic (exact) mass is 286 g/mol. The van der Waals surface area contributed by atoms with Crippen molar-refractivity contribution in [1.29, 1.82) is 0 Å². The minimum Gasteiger partial charge on any atom is -0.342 e. The molecule has 1 aromatic rings. The van der Waals surface area contributed by atoms with Gasteiger partial charge < -0.3 is 10.6 Å². The lowest BCUT2D eigenvalue weighted by Crippen LogP contribution is -2.34. The molecule has 0 bridgehead atoms. The average Bonchev–Trinajstić information content (AvgIpc) is 2.92. The normalized spacial score (nSPS) is 22.4. The van der Waals surface area contributed by atoms with Crippen LogP contribution in [-0.2, 0) is 4.79 Å². The summed E-state index contributed by atoms with van der Waals surface area (Å²) in [6.45, 7) is 1.90. The molecule has 3 heteroatoms. The van der Waals surface area contributed by atoms with Gasteiger partial charge in [-0.1, -0.05) is 49.6 Å². The van der Waals surface area contributed by atoms with Gasteiger partial charge in [0.2, 0.25) is 5.91 Å². The summed E-state index contributed by atoms with van der Waals surface area (Å²) in [5.41, 5.74) is 7.67. The third-order valence-corrected chi connectivity index (χ3v) is 5.33. The fourth-order valence-corrected chi connectivity index (χ4v) is 3.99. The average molecular weight is 286 g/mol. The first-order valence-corrected chi connectivity index (χ1v) is 8.27. The SMILES string of the molecule is N[C@H](CC(=O)N1CCC2(CCCCC2)C1)c1ccccc1. The molecule has 0 radical (unpaired) electrons. The van der Waals surface area contributed by atoms with Crippen LogP contribution in [0, 0.1) is 5.41 Å². The van der Waals surface area contributed by atoms with Gasteiger partial charge in [-0.2, -0.15) is 0 Å². The first-order chi connectivity index (χ1) is 10.2. The van der Waals surface area contributed by atoms with E-state index in [0.717, 1.165) is 18.7 Å². The van der Waals surface area contributed by atoms with Crippen LogP contribution in [0.3, 0.4) is 0 Å². The van der Waals surface area contributed by atoms with Crippen LogP contribution < -0.4 is 5.73 Å². The number of hydrogen-bond donors (Lipinski definition) is 1. The number of likely N-dealkylation sites (tertiary alicyclic amines) is 1. The third kappa shape index (κ3) is 3.29. The molecular weight excluding hydrogens is 260 g/mol. The van der Waals surface area contributed by atoms with E-state index in [4.69, 9.17) is 5.73 Å². The Balaban J connectivity index is 1.57. The van der Waals surface area contributed by atoms with Gasteiger partial charge in [-0.05, 0) is 30.2 Å². The van der Waals surface area contributed by atoms with Gasteiger partial charge in [0.25, 0.3) is 0 Å². The zero-order valence-corrected chi connectivity index (χ0v) is 12.8. The Morgan fingerprint density at radius 3 is 2.57 bits per heavy atom. The summed E-state index contributed by atoms with van der Waals surface area (Å²) in [5, 5.41) is 0. The molecule has 1 aliphatic heterocycles. The van der Waals surface area contributed by atoms with Crippen molar-refractivity contribution in [3.63, 3.8) is 0 Å². The van der Waals surface area contributed by atoms with Crippen LogP contribution in [0.25, 0.3) is 0 Å². The molecule has 2 N–H and O–H groups in total. The first-order valence-electron chi connectivity index (χ1n) is 8.27. The van der Waals surface area contributed by atoms with Crippen molar-refractivity contribution in [2.45, 2.75) is 51.0 Å². The number of benzene rings is 1. The van der Waals surface area contributed by atoms with Gasteiger partial charge in [-0.15, -0.1) is 0 Å². The summed E-state index contributed by atoms with van der Waals surface area (Å²) >= 11 is 0. The summed E-state index contributed by atoms with van der Waals surface area (Å²) < 4.78 is 0. The van der Waals surface area contributed by atoms with Crippen molar-refractivity contribution in [3.05, 3.63) is 35.9 Å². The Labute approximate surface area is 127 Å². The smallest absolute Gasteiger partial charge is 0.224 e. The maximum Gasteiger partial charge on any atom is 0.224 e. The minimum atomic E-state index is -0.179. The summed E-state index contributed by atoms with van der Waals surface area (Å²) in [4.78, 5) is 14.6. The topological polar surface area (TPSA) is 46.3 Å². The molecule has 1 spiro atoms. The largest absolute Gasteiger partial charge is 0.342 e. The van der Waals surface area contributed by atoms with Crippen LogP contribution in [0.15, 0.2) is 30.3 Å².